The highest BCUT2D eigenvalue weighted by molar-refractivity contribution is 9.09. The predicted octanol–water partition coefficient (Wildman–Crippen LogP) is -0.954. The molecule has 0 aromatic heterocycles. The summed E-state index contributed by atoms with van der Waals surface area (Å²) in [4.78, 5) is 42.8. The molecule has 0 aliphatic heterocycles. The van der Waals surface area contributed by atoms with Crippen LogP contribution in [-0.2, 0) is 19.2 Å². The first-order valence-corrected chi connectivity index (χ1v) is 5.90. The van der Waals surface area contributed by atoms with Crippen LogP contribution in [0, 0.1) is 0 Å². The number of hydrogen-bond acceptors (Lipinski definition) is 4. The van der Waals surface area contributed by atoms with E-state index in [1.165, 1.54) is 0 Å². The van der Waals surface area contributed by atoms with E-state index < -0.39 is 17.9 Å². The summed E-state index contributed by atoms with van der Waals surface area (Å²) in [7, 11) is 0. The summed E-state index contributed by atoms with van der Waals surface area (Å²) in [6.07, 6.45) is 0.279. The maximum atomic E-state index is 11.2. The number of carbonyl (C=O) groups is 4. The zero-order valence-electron chi connectivity index (χ0n) is 8.94. The van der Waals surface area contributed by atoms with Crippen molar-refractivity contribution in [2.45, 2.75) is 18.9 Å². The quantitative estimate of drug-likeness (QED) is 0.395. The molecule has 0 saturated carbocycles. The normalized spacial score (nSPS) is 11.4. The third-order valence-corrected chi connectivity index (χ3v) is 2.26. The van der Waals surface area contributed by atoms with E-state index in [-0.39, 0.29) is 30.6 Å². The third kappa shape index (κ3) is 8.38. The summed E-state index contributed by atoms with van der Waals surface area (Å²) in [6.45, 7) is -0.248. The number of carbonyl (C=O) groups excluding carboxylic acids is 3. The van der Waals surface area contributed by atoms with E-state index in [2.05, 4.69) is 26.6 Å². The number of hydrogen-bond donors (Lipinski definition) is 3. The minimum Gasteiger partial charge on any atom is -0.481 e. The predicted molar refractivity (Wildman–Crippen MR) is 61.7 cm³/mol. The average molecular weight is 309 g/mol. The molecule has 8 heteroatoms. The summed E-state index contributed by atoms with van der Waals surface area (Å²) in [5.74, 6) is -1.94. The molecule has 0 radical (unpaired) electrons. The maximum absolute atomic E-state index is 11.2. The topological polar surface area (TPSA) is 113 Å². The van der Waals surface area contributed by atoms with Crippen molar-refractivity contribution >= 4 is 40.0 Å². The lowest BCUT2D eigenvalue weighted by Crippen LogP contribution is -2.43. The van der Waals surface area contributed by atoms with Crippen LogP contribution >= 0.6 is 15.9 Å². The number of carboxylic acids is 1. The third-order valence-electron chi connectivity index (χ3n) is 1.75. The Morgan fingerprint density at radius 3 is 2.41 bits per heavy atom. The number of halogens is 1. The lowest BCUT2D eigenvalue weighted by Gasteiger charge is -2.11. The Morgan fingerprint density at radius 1 is 1.29 bits per heavy atom. The van der Waals surface area contributed by atoms with Gasteiger partial charge in [0.05, 0.1) is 17.9 Å². The lowest BCUT2D eigenvalue weighted by atomic mass is 10.2. The lowest BCUT2D eigenvalue weighted by molar-refractivity contribution is -0.137. The fourth-order valence-electron chi connectivity index (χ4n) is 0.937. The fraction of sp³-hybridized carbons (Fsp3) is 0.556. The van der Waals surface area contributed by atoms with Crippen LogP contribution in [-0.4, -0.2) is 47.1 Å². The molecule has 0 aromatic carbocycles. The molecule has 3 N–H and O–H groups in total. The van der Waals surface area contributed by atoms with Crippen LogP contribution in [0.3, 0.4) is 0 Å². The van der Waals surface area contributed by atoms with Gasteiger partial charge in [-0.3, -0.25) is 14.4 Å². The standard InChI is InChI=1S/C9H13BrN2O5/c10-3-7(14)11-4-8(15)12-6(5-13)1-2-9(16)17/h5-6H,1-4H2,(H,11,14)(H,12,15)(H,16,17)/t6-/m0/s1. The smallest absolute Gasteiger partial charge is 0.303 e. The van der Waals surface area contributed by atoms with E-state index in [1.54, 1.807) is 0 Å². The minimum absolute atomic E-state index is 0.0248. The summed E-state index contributed by atoms with van der Waals surface area (Å²) in [5.41, 5.74) is 0. The van der Waals surface area contributed by atoms with Gasteiger partial charge in [0, 0.05) is 6.42 Å². The van der Waals surface area contributed by atoms with E-state index in [0.717, 1.165) is 0 Å². The number of rotatable bonds is 8. The van der Waals surface area contributed by atoms with Gasteiger partial charge in [-0.15, -0.1) is 0 Å². The molecule has 0 fully saturated rings. The number of amides is 2. The molecular formula is C9H13BrN2O5. The zero-order valence-corrected chi connectivity index (χ0v) is 10.5. The van der Waals surface area contributed by atoms with Gasteiger partial charge in [-0.1, -0.05) is 15.9 Å². The molecule has 0 bridgehead atoms. The molecule has 1 atom stereocenters. The molecule has 17 heavy (non-hydrogen) atoms. The van der Waals surface area contributed by atoms with Crippen LogP contribution in [0.15, 0.2) is 0 Å². The minimum atomic E-state index is -1.04. The van der Waals surface area contributed by atoms with Gasteiger partial charge in [0.1, 0.15) is 6.29 Å². The van der Waals surface area contributed by atoms with Gasteiger partial charge in [0.2, 0.25) is 11.8 Å². The van der Waals surface area contributed by atoms with Crippen molar-refractivity contribution in [3.63, 3.8) is 0 Å². The van der Waals surface area contributed by atoms with E-state index in [9.17, 15) is 19.2 Å². The first-order chi connectivity index (χ1) is 7.99. The van der Waals surface area contributed by atoms with Gasteiger partial charge in [-0.25, -0.2) is 0 Å². The average Bonchev–Trinajstić information content (AvgIpc) is 2.30. The molecule has 2 amide bonds. The van der Waals surface area contributed by atoms with Crippen molar-refractivity contribution in [2.24, 2.45) is 0 Å². The van der Waals surface area contributed by atoms with Crippen LogP contribution in [0.2, 0.25) is 0 Å². The summed E-state index contributed by atoms with van der Waals surface area (Å²) < 4.78 is 0. The Balaban J connectivity index is 3.93. The molecule has 0 heterocycles. The molecule has 0 unspecified atom stereocenters. The highest BCUT2D eigenvalue weighted by Crippen LogP contribution is 1.94. The Morgan fingerprint density at radius 2 is 1.94 bits per heavy atom. The van der Waals surface area contributed by atoms with Gasteiger partial charge in [-0.2, -0.15) is 0 Å². The monoisotopic (exact) mass is 308 g/mol. The van der Waals surface area contributed by atoms with Gasteiger partial charge in [-0.05, 0) is 6.42 Å². The second-order valence-electron chi connectivity index (χ2n) is 3.15. The SMILES string of the molecule is O=C[C@H](CCC(=O)O)NC(=O)CNC(=O)CBr. The molecule has 0 spiro atoms. The number of aliphatic carboxylic acids is 1. The van der Waals surface area contributed by atoms with E-state index in [1.807, 2.05) is 0 Å². The molecule has 0 rings (SSSR count). The number of carboxylic acid groups (broad SMARTS) is 1. The number of nitrogens with one attached hydrogen (secondary N) is 2. The van der Waals surface area contributed by atoms with Crippen LogP contribution in [0.5, 0.6) is 0 Å². The molecule has 0 aliphatic rings. The highest BCUT2D eigenvalue weighted by atomic mass is 79.9. The number of aldehydes is 1. The second-order valence-corrected chi connectivity index (χ2v) is 3.71. The summed E-state index contributed by atoms with van der Waals surface area (Å²) in [6, 6.07) is -0.848. The Labute approximate surface area is 106 Å². The van der Waals surface area contributed by atoms with Gasteiger partial charge in [0.15, 0.2) is 0 Å². The Bertz CT molecular complexity index is 308. The van der Waals surface area contributed by atoms with Crippen molar-refractivity contribution in [1.82, 2.24) is 10.6 Å². The van der Waals surface area contributed by atoms with E-state index in [0.29, 0.717) is 6.29 Å². The fourth-order valence-corrected chi connectivity index (χ4v) is 1.14. The summed E-state index contributed by atoms with van der Waals surface area (Å²) >= 11 is 2.91. The van der Waals surface area contributed by atoms with Crippen molar-refractivity contribution in [3.05, 3.63) is 0 Å². The van der Waals surface area contributed by atoms with Crippen molar-refractivity contribution in [1.29, 1.82) is 0 Å². The second kappa shape index (κ2) is 8.68. The molecule has 96 valence electrons. The first kappa shape index (κ1) is 15.6. The first-order valence-electron chi connectivity index (χ1n) is 4.78. The van der Waals surface area contributed by atoms with Crippen LogP contribution in [0.4, 0.5) is 0 Å². The zero-order chi connectivity index (χ0) is 13.3. The largest absolute Gasteiger partial charge is 0.481 e. The van der Waals surface area contributed by atoms with E-state index in [4.69, 9.17) is 5.11 Å². The van der Waals surface area contributed by atoms with Crippen molar-refractivity contribution in [3.8, 4) is 0 Å². The molecule has 0 aromatic rings. The molecule has 0 aliphatic carbocycles. The maximum Gasteiger partial charge on any atom is 0.303 e. The van der Waals surface area contributed by atoms with Crippen molar-refractivity contribution in [2.75, 3.05) is 11.9 Å². The van der Waals surface area contributed by atoms with Crippen LogP contribution in [0.25, 0.3) is 0 Å². The Hall–Kier alpha value is -1.44. The highest BCUT2D eigenvalue weighted by Gasteiger charge is 2.13. The summed E-state index contributed by atoms with van der Waals surface area (Å²) in [5, 5.41) is 13.1. The van der Waals surface area contributed by atoms with Crippen LogP contribution in [0.1, 0.15) is 12.8 Å². The van der Waals surface area contributed by atoms with Gasteiger partial charge >= 0.3 is 5.97 Å². The van der Waals surface area contributed by atoms with E-state index >= 15 is 0 Å². The number of alkyl halides is 1. The molecule has 0 saturated heterocycles. The van der Waals surface area contributed by atoms with Crippen molar-refractivity contribution < 1.29 is 24.3 Å². The van der Waals surface area contributed by atoms with Crippen LogP contribution < -0.4 is 10.6 Å². The van der Waals surface area contributed by atoms with Gasteiger partial charge < -0.3 is 20.5 Å². The Kier molecular flexibility index (Phi) is 7.95. The molecule has 7 nitrogen and oxygen atoms in total. The molecular weight excluding hydrogens is 296 g/mol. The van der Waals surface area contributed by atoms with Gasteiger partial charge in [0.25, 0.3) is 0 Å².